The first-order valence-electron chi connectivity index (χ1n) is 9.07. The first-order valence-corrected chi connectivity index (χ1v) is 9.07. The normalized spacial score (nSPS) is 14.2. The molecule has 0 unspecified atom stereocenters. The van der Waals surface area contributed by atoms with E-state index >= 15 is 0 Å². The lowest BCUT2D eigenvalue weighted by Crippen LogP contribution is -2.36. The third kappa shape index (κ3) is 3.74. The monoisotopic (exact) mass is 382 g/mol. The lowest BCUT2D eigenvalue weighted by molar-refractivity contribution is 0.122. The van der Waals surface area contributed by atoms with Crippen LogP contribution in [0, 0.1) is 13.8 Å². The summed E-state index contributed by atoms with van der Waals surface area (Å²) in [6, 6.07) is 8.35. The van der Waals surface area contributed by atoms with Crippen LogP contribution in [0.5, 0.6) is 6.01 Å². The maximum Gasteiger partial charge on any atom is 0.321 e. The number of benzene rings is 1. The minimum absolute atomic E-state index is 0.220. The first-order chi connectivity index (χ1) is 13.6. The molecule has 4 rings (SSSR count). The van der Waals surface area contributed by atoms with Crippen molar-refractivity contribution in [3.63, 3.8) is 0 Å². The number of rotatable bonds is 5. The van der Waals surface area contributed by atoms with Gasteiger partial charge in [-0.2, -0.15) is 15.0 Å². The number of aryl methyl sites for hydroxylation is 2. The van der Waals surface area contributed by atoms with Crippen LogP contribution in [0.15, 0.2) is 28.8 Å². The van der Waals surface area contributed by atoms with E-state index in [0.29, 0.717) is 23.2 Å². The Hall–Kier alpha value is -3.20. The van der Waals surface area contributed by atoms with Gasteiger partial charge in [0.1, 0.15) is 5.76 Å². The van der Waals surface area contributed by atoms with Crippen molar-refractivity contribution in [2.75, 3.05) is 43.6 Å². The van der Waals surface area contributed by atoms with Crippen molar-refractivity contribution in [2.24, 2.45) is 0 Å². The topological polar surface area (TPSA) is 98.4 Å². The summed E-state index contributed by atoms with van der Waals surface area (Å²) in [4.78, 5) is 15.4. The lowest BCUT2D eigenvalue weighted by atomic mass is 10.2. The van der Waals surface area contributed by atoms with Crippen LogP contribution in [-0.4, -0.2) is 53.5 Å². The Morgan fingerprint density at radius 2 is 1.79 bits per heavy atom. The molecule has 1 aromatic carbocycles. The number of methoxy groups -OCH3 is 1. The number of nitrogens with zero attached hydrogens (tertiary/aromatic N) is 5. The fourth-order valence-electron chi connectivity index (χ4n) is 3.12. The Labute approximate surface area is 162 Å². The standard InChI is InChI=1S/C19H22N6O3/c1-12-16(13(2)28-24-12)17-21-18(23-19(22-17)26-3)20-14-4-6-15(7-5-14)25-8-10-27-11-9-25/h4-7H,8-11H2,1-3H3,(H,20,21,22,23). The van der Waals surface area contributed by atoms with E-state index in [-0.39, 0.29) is 6.01 Å². The average Bonchev–Trinajstić information content (AvgIpc) is 3.07. The molecule has 0 radical (unpaired) electrons. The molecular weight excluding hydrogens is 360 g/mol. The van der Waals surface area contributed by atoms with Gasteiger partial charge in [0.05, 0.1) is 31.6 Å². The molecular formula is C19H22N6O3. The molecule has 0 bridgehead atoms. The molecule has 0 atom stereocenters. The summed E-state index contributed by atoms with van der Waals surface area (Å²) in [6.07, 6.45) is 0. The average molecular weight is 382 g/mol. The lowest BCUT2D eigenvalue weighted by Gasteiger charge is -2.28. The molecule has 1 aliphatic heterocycles. The van der Waals surface area contributed by atoms with Crippen LogP contribution in [0.1, 0.15) is 11.5 Å². The zero-order valence-corrected chi connectivity index (χ0v) is 16.1. The van der Waals surface area contributed by atoms with E-state index in [0.717, 1.165) is 37.6 Å². The van der Waals surface area contributed by atoms with Gasteiger partial charge < -0.3 is 24.2 Å². The number of morpholine rings is 1. The van der Waals surface area contributed by atoms with Crippen LogP contribution in [-0.2, 0) is 4.74 Å². The van der Waals surface area contributed by atoms with E-state index in [9.17, 15) is 0 Å². The minimum atomic E-state index is 0.220. The molecule has 2 aromatic heterocycles. The smallest absolute Gasteiger partial charge is 0.321 e. The quantitative estimate of drug-likeness (QED) is 0.714. The molecule has 1 saturated heterocycles. The molecule has 0 aliphatic carbocycles. The number of anilines is 3. The number of hydrogen-bond donors (Lipinski definition) is 1. The van der Waals surface area contributed by atoms with Gasteiger partial charge in [-0.15, -0.1) is 0 Å². The highest BCUT2D eigenvalue weighted by Crippen LogP contribution is 2.27. The van der Waals surface area contributed by atoms with Crippen molar-refractivity contribution in [2.45, 2.75) is 13.8 Å². The number of nitrogens with one attached hydrogen (secondary N) is 1. The maximum atomic E-state index is 5.40. The molecule has 28 heavy (non-hydrogen) atoms. The number of aromatic nitrogens is 4. The highest BCUT2D eigenvalue weighted by Gasteiger charge is 2.18. The summed E-state index contributed by atoms with van der Waals surface area (Å²) in [5, 5.41) is 7.18. The minimum Gasteiger partial charge on any atom is -0.467 e. The Balaban J connectivity index is 1.58. The largest absolute Gasteiger partial charge is 0.467 e. The molecule has 3 heterocycles. The second kappa shape index (κ2) is 7.81. The summed E-state index contributed by atoms with van der Waals surface area (Å²) in [5.41, 5.74) is 3.49. The van der Waals surface area contributed by atoms with Crippen LogP contribution < -0.4 is 15.0 Å². The van der Waals surface area contributed by atoms with Gasteiger partial charge in [0.25, 0.3) is 0 Å². The second-order valence-electron chi connectivity index (χ2n) is 6.44. The zero-order valence-electron chi connectivity index (χ0n) is 16.1. The zero-order chi connectivity index (χ0) is 19.5. The van der Waals surface area contributed by atoms with Gasteiger partial charge in [0.15, 0.2) is 5.82 Å². The van der Waals surface area contributed by atoms with Crippen molar-refractivity contribution in [1.82, 2.24) is 20.1 Å². The maximum absolute atomic E-state index is 5.40. The molecule has 0 saturated carbocycles. The molecule has 1 aliphatic rings. The highest BCUT2D eigenvalue weighted by atomic mass is 16.5. The predicted octanol–water partition coefficient (Wildman–Crippen LogP) is 2.73. The summed E-state index contributed by atoms with van der Waals surface area (Å²) in [7, 11) is 1.52. The third-order valence-corrected chi connectivity index (χ3v) is 4.55. The molecule has 0 spiro atoms. The molecule has 1 N–H and O–H groups in total. The second-order valence-corrected chi connectivity index (χ2v) is 6.44. The van der Waals surface area contributed by atoms with Gasteiger partial charge in [-0.3, -0.25) is 0 Å². The first kappa shape index (κ1) is 18.2. The van der Waals surface area contributed by atoms with Gasteiger partial charge in [-0.25, -0.2) is 0 Å². The van der Waals surface area contributed by atoms with Gasteiger partial charge in [-0.1, -0.05) is 5.16 Å². The van der Waals surface area contributed by atoms with Crippen molar-refractivity contribution < 1.29 is 14.0 Å². The number of hydrogen-bond acceptors (Lipinski definition) is 9. The predicted molar refractivity (Wildman–Crippen MR) is 104 cm³/mol. The van der Waals surface area contributed by atoms with Crippen LogP contribution in [0.4, 0.5) is 17.3 Å². The molecule has 9 heteroatoms. The van der Waals surface area contributed by atoms with Gasteiger partial charge in [0, 0.05) is 24.5 Å². The molecule has 9 nitrogen and oxygen atoms in total. The summed E-state index contributed by atoms with van der Waals surface area (Å²) < 4.78 is 15.9. The van der Waals surface area contributed by atoms with Gasteiger partial charge in [-0.05, 0) is 38.1 Å². The Morgan fingerprint density at radius 3 is 2.43 bits per heavy atom. The summed E-state index contributed by atoms with van der Waals surface area (Å²) in [6.45, 7) is 6.99. The Kier molecular flexibility index (Phi) is 5.07. The fraction of sp³-hybridized carbons (Fsp3) is 0.368. The summed E-state index contributed by atoms with van der Waals surface area (Å²) >= 11 is 0. The molecule has 3 aromatic rings. The SMILES string of the molecule is COc1nc(Nc2ccc(N3CCOCC3)cc2)nc(-c2c(C)noc2C)n1. The number of ether oxygens (including phenoxy) is 2. The van der Waals surface area contributed by atoms with Gasteiger partial charge in [0.2, 0.25) is 5.95 Å². The van der Waals surface area contributed by atoms with Crippen LogP contribution in [0.2, 0.25) is 0 Å². The fourth-order valence-corrected chi connectivity index (χ4v) is 3.12. The molecule has 146 valence electrons. The third-order valence-electron chi connectivity index (χ3n) is 4.55. The Bertz CT molecular complexity index is 931. The van der Waals surface area contributed by atoms with Crippen molar-refractivity contribution in [1.29, 1.82) is 0 Å². The highest BCUT2D eigenvalue weighted by molar-refractivity contribution is 5.64. The van der Waals surface area contributed by atoms with E-state index in [1.807, 2.05) is 26.0 Å². The van der Waals surface area contributed by atoms with Crippen LogP contribution in [0.3, 0.4) is 0 Å². The van der Waals surface area contributed by atoms with E-state index in [1.165, 1.54) is 12.8 Å². The molecule has 0 amide bonds. The van der Waals surface area contributed by atoms with Gasteiger partial charge >= 0.3 is 6.01 Å². The van der Waals surface area contributed by atoms with Crippen molar-refractivity contribution >= 4 is 17.3 Å². The summed E-state index contributed by atoms with van der Waals surface area (Å²) in [5.74, 6) is 1.49. The van der Waals surface area contributed by atoms with Crippen molar-refractivity contribution in [3.05, 3.63) is 35.7 Å². The van der Waals surface area contributed by atoms with Crippen LogP contribution in [0.25, 0.3) is 11.4 Å². The van der Waals surface area contributed by atoms with E-state index in [2.05, 4.69) is 42.5 Å². The van der Waals surface area contributed by atoms with Crippen LogP contribution >= 0.6 is 0 Å². The van der Waals surface area contributed by atoms with Crippen molar-refractivity contribution in [3.8, 4) is 17.4 Å². The molecule has 1 fully saturated rings. The van der Waals surface area contributed by atoms with E-state index in [4.69, 9.17) is 14.0 Å². The van der Waals surface area contributed by atoms with E-state index < -0.39 is 0 Å². The Morgan fingerprint density at radius 1 is 1.04 bits per heavy atom. The van der Waals surface area contributed by atoms with E-state index in [1.54, 1.807) is 0 Å².